The van der Waals surface area contributed by atoms with Gasteiger partial charge in [-0.15, -0.1) is 0 Å². The predicted octanol–water partition coefficient (Wildman–Crippen LogP) is 2.96. The third-order valence-electron chi connectivity index (χ3n) is 3.42. The Morgan fingerprint density at radius 2 is 2.11 bits per heavy atom. The second-order valence-corrected chi connectivity index (χ2v) is 6.62. The van der Waals surface area contributed by atoms with Gasteiger partial charge in [-0.1, -0.05) is 31.1 Å². The van der Waals surface area contributed by atoms with Crippen LogP contribution in [0.25, 0.3) is 0 Å². The van der Waals surface area contributed by atoms with Crippen LogP contribution in [-0.4, -0.2) is 28.4 Å². The summed E-state index contributed by atoms with van der Waals surface area (Å²) in [6.07, 6.45) is 4.47. The van der Waals surface area contributed by atoms with E-state index in [1.165, 1.54) is 12.8 Å². The third-order valence-corrected chi connectivity index (χ3v) is 4.22. The maximum absolute atomic E-state index is 12.6. The van der Waals surface area contributed by atoms with Gasteiger partial charge in [0.25, 0.3) is 5.91 Å². The lowest BCUT2D eigenvalue weighted by atomic mass is 10.1. The van der Waals surface area contributed by atoms with E-state index in [9.17, 15) is 4.79 Å². The molecule has 1 aliphatic carbocycles. The molecule has 3 nitrogen and oxygen atoms in total. The van der Waals surface area contributed by atoms with Gasteiger partial charge in [-0.3, -0.25) is 4.79 Å². The largest absolute Gasteiger partial charge is 0.392 e. The van der Waals surface area contributed by atoms with Gasteiger partial charge < -0.3 is 10.6 Å². The summed E-state index contributed by atoms with van der Waals surface area (Å²) in [5.41, 5.74) is 6.36. The number of nitrogens with two attached hydrogens (primary N) is 1. The van der Waals surface area contributed by atoms with Gasteiger partial charge >= 0.3 is 0 Å². The fraction of sp³-hybridized carbons (Fsp3) is 0.429. The number of benzene rings is 1. The summed E-state index contributed by atoms with van der Waals surface area (Å²) in [7, 11) is 0. The zero-order valence-electron chi connectivity index (χ0n) is 10.6. The van der Waals surface area contributed by atoms with Crippen molar-refractivity contribution >= 4 is 45.7 Å². The Morgan fingerprint density at radius 3 is 2.68 bits per heavy atom. The summed E-state index contributed by atoms with van der Waals surface area (Å²) in [4.78, 5) is 14.9. The molecule has 19 heavy (non-hydrogen) atoms. The van der Waals surface area contributed by atoms with Gasteiger partial charge in [-0.2, -0.15) is 0 Å². The average molecular weight is 388 g/mol. The molecule has 5 heteroatoms. The Labute approximate surface area is 132 Å². The Kier molecular flexibility index (Phi) is 5.15. The molecule has 0 bridgehead atoms. The zero-order chi connectivity index (χ0) is 13.8. The van der Waals surface area contributed by atoms with E-state index in [0.717, 1.165) is 22.0 Å². The molecular weight excluding hydrogens is 371 g/mol. The fourth-order valence-electron chi connectivity index (χ4n) is 2.54. The molecule has 2 N–H and O–H groups in total. The average Bonchev–Trinajstić information content (AvgIpc) is 2.88. The lowest BCUT2D eigenvalue weighted by molar-refractivity contribution is 0.0714. The van der Waals surface area contributed by atoms with Crippen molar-refractivity contribution in [3.63, 3.8) is 0 Å². The Bertz CT molecular complexity index is 486. The van der Waals surface area contributed by atoms with Gasteiger partial charge in [0, 0.05) is 15.2 Å². The smallest absolute Gasteiger partial charge is 0.254 e. The number of hydrogen-bond donors (Lipinski definition) is 1. The lowest BCUT2D eigenvalue weighted by Crippen LogP contribution is -2.43. The molecule has 0 atom stereocenters. The first-order chi connectivity index (χ1) is 9.08. The van der Waals surface area contributed by atoms with Crippen LogP contribution in [0.4, 0.5) is 0 Å². The van der Waals surface area contributed by atoms with Gasteiger partial charge in [0.15, 0.2) is 0 Å². The first kappa shape index (κ1) is 14.7. The van der Waals surface area contributed by atoms with Crippen LogP contribution in [0.5, 0.6) is 0 Å². The molecule has 1 amide bonds. The van der Waals surface area contributed by atoms with Gasteiger partial charge in [0.05, 0.1) is 11.5 Å². The van der Waals surface area contributed by atoms with Crippen molar-refractivity contribution in [1.29, 1.82) is 0 Å². The van der Waals surface area contributed by atoms with Crippen LogP contribution in [0.2, 0.25) is 0 Å². The number of carbonyl (C=O) groups excluding carboxylic acids is 1. The highest BCUT2D eigenvalue weighted by molar-refractivity contribution is 14.1. The summed E-state index contributed by atoms with van der Waals surface area (Å²) in [5, 5.41) is 0. The van der Waals surface area contributed by atoms with E-state index in [1.54, 1.807) is 0 Å². The third kappa shape index (κ3) is 3.89. The van der Waals surface area contributed by atoms with Gasteiger partial charge in [0.1, 0.15) is 0 Å². The molecule has 1 saturated carbocycles. The molecular formula is C14H17IN2OS. The molecule has 0 radical (unpaired) electrons. The summed E-state index contributed by atoms with van der Waals surface area (Å²) < 4.78 is 1.06. The molecule has 0 aromatic heterocycles. The van der Waals surface area contributed by atoms with E-state index in [0.29, 0.717) is 11.5 Å². The molecule has 1 aromatic carbocycles. The Balaban J connectivity index is 2.21. The van der Waals surface area contributed by atoms with Crippen LogP contribution in [0.3, 0.4) is 0 Å². The molecule has 0 aliphatic heterocycles. The van der Waals surface area contributed by atoms with E-state index in [2.05, 4.69) is 22.6 Å². The fourth-order valence-corrected chi connectivity index (χ4v) is 3.22. The molecule has 0 saturated heterocycles. The van der Waals surface area contributed by atoms with Crippen molar-refractivity contribution in [3.05, 3.63) is 33.4 Å². The van der Waals surface area contributed by atoms with Crippen molar-refractivity contribution in [2.45, 2.75) is 31.7 Å². The SMILES string of the molecule is NC(=S)CN(C(=O)c1cccc(I)c1)C1CCCC1. The second-order valence-electron chi connectivity index (χ2n) is 4.85. The molecule has 0 spiro atoms. The van der Waals surface area contributed by atoms with E-state index < -0.39 is 0 Å². The van der Waals surface area contributed by atoms with E-state index in [4.69, 9.17) is 18.0 Å². The molecule has 1 fully saturated rings. The van der Waals surface area contributed by atoms with Gasteiger partial charge in [0.2, 0.25) is 0 Å². The minimum atomic E-state index is 0.0400. The maximum atomic E-state index is 12.6. The van der Waals surface area contributed by atoms with Gasteiger partial charge in [-0.05, 0) is 53.6 Å². The number of thiocarbonyl (C=S) groups is 1. The van der Waals surface area contributed by atoms with E-state index in [-0.39, 0.29) is 11.9 Å². The number of hydrogen-bond acceptors (Lipinski definition) is 2. The Hall–Kier alpha value is -0.690. The summed E-state index contributed by atoms with van der Waals surface area (Å²) in [5.74, 6) is 0.0400. The molecule has 0 heterocycles. The van der Waals surface area contributed by atoms with E-state index >= 15 is 0 Å². The first-order valence-electron chi connectivity index (χ1n) is 6.43. The molecule has 1 aromatic rings. The van der Waals surface area contributed by atoms with Crippen molar-refractivity contribution in [1.82, 2.24) is 4.90 Å². The summed E-state index contributed by atoms with van der Waals surface area (Å²) in [6.45, 7) is 0.379. The number of nitrogens with zero attached hydrogens (tertiary/aromatic N) is 1. The van der Waals surface area contributed by atoms with Gasteiger partial charge in [-0.25, -0.2) is 0 Å². The summed E-state index contributed by atoms with van der Waals surface area (Å²) in [6, 6.07) is 7.93. The van der Waals surface area contributed by atoms with Crippen molar-refractivity contribution in [2.75, 3.05) is 6.54 Å². The second kappa shape index (κ2) is 6.65. The van der Waals surface area contributed by atoms with Crippen LogP contribution in [0, 0.1) is 3.57 Å². The predicted molar refractivity (Wildman–Crippen MR) is 89.2 cm³/mol. The van der Waals surface area contributed by atoms with Crippen LogP contribution in [0.1, 0.15) is 36.0 Å². The standard InChI is InChI=1S/C14H17IN2OS/c15-11-5-3-4-10(8-11)14(18)17(9-13(16)19)12-6-1-2-7-12/h3-5,8,12H,1-2,6-7,9H2,(H2,16,19). The number of carbonyl (C=O) groups is 1. The summed E-state index contributed by atoms with van der Waals surface area (Å²) >= 11 is 7.20. The molecule has 0 unspecified atom stereocenters. The quantitative estimate of drug-likeness (QED) is 0.637. The van der Waals surface area contributed by atoms with Crippen LogP contribution < -0.4 is 5.73 Å². The van der Waals surface area contributed by atoms with Crippen LogP contribution in [-0.2, 0) is 0 Å². The first-order valence-corrected chi connectivity index (χ1v) is 7.91. The lowest BCUT2D eigenvalue weighted by Gasteiger charge is -2.28. The molecule has 102 valence electrons. The maximum Gasteiger partial charge on any atom is 0.254 e. The minimum absolute atomic E-state index is 0.0400. The molecule has 2 rings (SSSR count). The highest BCUT2D eigenvalue weighted by Crippen LogP contribution is 2.25. The van der Waals surface area contributed by atoms with Crippen molar-refractivity contribution in [3.8, 4) is 0 Å². The van der Waals surface area contributed by atoms with Crippen molar-refractivity contribution < 1.29 is 4.79 Å². The highest BCUT2D eigenvalue weighted by Gasteiger charge is 2.27. The number of halogens is 1. The van der Waals surface area contributed by atoms with E-state index in [1.807, 2.05) is 29.2 Å². The number of rotatable bonds is 4. The topological polar surface area (TPSA) is 46.3 Å². The normalized spacial score (nSPS) is 15.4. The zero-order valence-corrected chi connectivity index (χ0v) is 13.6. The Morgan fingerprint density at radius 1 is 1.42 bits per heavy atom. The number of amides is 1. The minimum Gasteiger partial charge on any atom is -0.392 e. The monoisotopic (exact) mass is 388 g/mol. The van der Waals surface area contributed by atoms with Crippen LogP contribution in [0.15, 0.2) is 24.3 Å². The molecule has 1 aliphatic rings. The highest BCUT2D eigenvalue weighted by atomic mass is 127. The van der Waals surface area contributed by atoms with Crippen molar-refractivity contribution in [2.24, 2.45) is 5.73 Å². The van der Waals surface area contributed by atoms with Crippen LogP contribution >= 0.6 is 34.8 Å².